The third-order valence-corrected chi connectivity index (χ3v) is 3.92. The molecular formula is C23H32N4O4. The van der Waals surface area contributed by atoms with Gasteiger partial charge in [0.25, 0.3) is 0 Å². The number of carbonyl (C=O) groups excluding carboxylic acids is 2. The average molecular weight is 429 g/mol. The third kappa shape index (κ3) is 7.40. The van der Waals surface area contributed by atoms with Crippen LogP contribution in [-0.4, -0.2) is 30.1 Å². The van der Waals surface area contributed by atoms with Crippen LogP contribution in [0, 0.1) is 0 Å². The van der Waals surface area contributed by atoms with Crippen LogP contribution >= 0.6 is 0 Å². The number of anilines is 4. The fraction of sp³-hybridized carbons (Fsp3) is 0.391. The van der Waals surface area contributed by atoms with Crippen LogP contribution in [0.15, 0.2) is 48.5 Å². The topological polar surface area (TPSA) is 111 Å². The van der Waals surface area contributed by atoms with Gasteiger partial charge in [-0.1, -0.05) is 0 Å². The Morgan fingerprint density at radius 2 is 0.968 bits per heavy atom. The number of hydrogen-bond donors (Lipinski definition) is 2. The van der Waals surface area contributed by atoms with E-state index >= 15 is 0 Å². The van der Waals surface area contributed by atoms with E-state index in [0.717, 1.165) is 0 Å². The Balaban J connectivity index is 2.46. The van der Waals surface area contributed by atoms with Crippen LogP contribution < -0.4 is 21.3 Å². The number of nitrogen functional groups attached to an aromatic ring is 2. The molecule has 0 bridgehead atoms. The van der Waals surface area contributed by atoms with Gasteiger partial charge < -0.3 is 20.9 Å². The van der Waals surface area contributed by atoms with Crippen LogP contribution in [0.4, 0.5) is 32.3 Å². The van der Waals surface area contributed by atoms with Gasteiger partial charge in [-0.25, -0.2) is 9.59 Å². The van der Waals surface area contributed by atoms with E-state index in [0.29, 0.717) is 22.7 Å². The first-order chi connectivity index (χ1) is 14.2. The molecule has 0 aliphatic carbocycles. The van der Waals surface area contributed by atoms with E-state index in [1.54, 1.807) is 90.1 Å². The maximum absolute atomic E-state index is 13.0. The van der Waals surface area contributed by atoms with E-state index in [2.05, 4.69) is 0 Å². The SMILES string of the molecule is CC(C)(C)OC(=O)N(CN(C(=O)OC(C)(C)C)c1ccc(N)cc1)c1ccc(N)cc1. The van der Waals surface area contributed by atoms with E-state index < -0.39 is 23.4 Å². The van der Waals surface area contributed by atoms with Crippen molar-refractivity contribution in [1.29, 1.82) is 0 Å². The van der Waals surface area contributed by atoms with Crippen LogP contribution in [0.1, 0.15) is 41.5 Å². The molecule has 0 saturated carbocycles. The summed E-state index contributed by atoms with van der Waals surface area (Å²) in [5, 5.41) is 0. The van der Waals surface area contributed by atoms with Gasteiger partial charge in [0.05, 0.1) is 0 Å². The number of rotatable bonds is 4. The second-order valence-electron chi connectivity index (χ2n) is 9.14. The molecule has 2 amide bonds. The van der Waals surface area contributed by atoms with E-state index in [-0.39, 0.29) is 6.67 Å². The number of benzene rings is 2. The summed E-state index contributed by atoms with van der Waals surface area (Å²) < 4.78 is 11.2. The number of amides is 2. The first-order valence-electron chi connectivity index (χ1n) is 9.97. The molecule has 31 heavy (non-hydrogen) atoms. The number of nitrogens with two attached hydrogens (primary N) is 2. The van der Waals surface area contributed by atoms with Crippen LogP contribution in [0.3, 0.4) is 0 Å². The highest BCUT2D eigenvalue weighted by atomic mass is 16.6. The monoisotopic (exact) mass is 428 g/mol. The Kier molecular flexibility index (Phi) is 7.05. The molecule has 0 aliphatic heterocycles. The molecule has 168 valence electrons. The fourth-order valence-corrected chi connectivity index (χ4v) is 2.57. The van der Waals surface area contributed by atoms with Crippen molar-refractivity contribution >= 4 is 34.9 Å². The summed E-state index contributed by atoms with van der Waals surface area (Å²) in [5.41, 5.74) is 12.3. The van der Waals surface area contributed by atoms with Gasteiger partial charge in [0.15, 0.2) is 0 Å². The van der Waals surface area contributed by atoms with Gasteiger partial charge in [-0.05, 0) is 90.1 Å². The lowest BCUT2D eigenvalue weighted by Crippen LogP contribution is -2.48. The number of ether oxygens (including phenoxy) is 2. The minimum Gasteiger partial charge on any atom is -0.443 e. The molecule has 0 unspecified atom stereocenters. The highest BCUT2D eigenvalue weighted by molar-refractivity contribution is 5.93. The molecule has 0 radical (unpaired) electrons. The molecule has 0 aliphatic rings. The molecule has 0 aromatic heterocycles. The minimum atomic E-state index is -0.721. The van der Waals surface area contributed by atoms with Gasteiger partial charge in [0.1, 0.15) is 17.9 Å². The zero-order valence-corrected chi connectivity index (χ0v) is 19.0. The smallest absolute Gasteiger partial charge is 0.416 e. The maximum atomic E-state index is 13.0. The van der Waals surface area contributed by atoms with Crippen molar-refractivity contribution in [3.63, 3.8) is 0 Å². The quantitative estimate of drug-likeness (QED) is 0.524. The van der Waals surface area contributed by atoms with Gasteiger partial charge in [-0.3, -0.25) is 9.80 Å². The summed E-state index contributed by atoms with van der Waals surface area (Å²) in [7, 11) is 0. The summed E-state index contributed by atoms with van der Waals surface area (Å²) in [6.07, 6.45) is -1.22. The number of nitrogens with zero attached hydrogens (tertiary/aromatic N) is 2. The highest BCUT2D eigenvalue weighted by Crippen LogP contribution is 2.25. The predicted molar refractivity (Wildman–Crippen MR) is 124 cm³/mol. The Bertz CT molecular complexity index is 822. The number of carbonyl (C=O) groups is 2. The Labute approximate surface area is 183 Å². The van der Waals surface area contributed by atoms with Crippen molar-refractivity contribution in [2.75, 3.05) is 27.9 Å². The molecule has 0 spiro atoms. The average Bonchev–Trinajstić information content (AvgIpc) is 2.61. The van der Waals surface area contributed by atoms with Crippen molar-refractivity contribution in [1.82, 2.24) is 0 Å². The Morgan fingerprint density at radius 1 is 0.677 bits per heavy atom. The first kappa shape index (κ1) is 23.9. The summed E-state index contributed by atoms with van der Waals surface area (Å²) in [4.78, 5) is 28.8. The van der Waals surface area contributed by atoms with Gasteiger partial charge in [0.2, 0.25) is 0 Å². The summed E-state index contributed by atoms with van der Waals surface area (Å²) in [5.74, 6) is 0. The van der Waals surface area contributed by atoms with Gasteiger partial charge >= 0.3 is 12.2 Å². The molecule has 0 fully saturated rings. The Morgan fingerprint density at radius 3 is 1.23 bits per heavy atom. The molecule has 4 N–H and O–H groups in total. The molecule has 8 nitrogen and oxygen atoms in total. The zero-order chi connectivity index (χ0) is 23.4. The van der Waals surface area contributed by atoms with Gasteiger partial charge in [-0.2, -0.15) is 0 Å². The lowest BCUT2D eigenvalue weighted by molar-refractivity contribution is 0.0551. The minimum absolute atomic E-state index is 0.141. The number of hydrogen-bond acceptors (Lipinski definition) is 6. The van der Waals surface area contributed by atoms with E-state index in [9.17, 15) is 9.59 Å². The molecule has 0 saturated heterocycles. The molecular weight excluding hydrogens is 396 g/mol. The summed E-state index contributed by atoms with van der Waals surface area (Å²) >= 11 is 0. The van der Waals surface area contributed by atoms with Crippen LogP contribution in [0.5, 0.6) is 0 Å². The molecule has 2 aromatic carbocycles. The van der Waals surface area contributed by atoms with Gasteiger partial charge in [-0.15, -0.1) is 0 Å². The summed E-state index contributed by atoms with van der Waals surface area (Å²) in [6.45, 7) is 10.5. The molecule has 0 heterocycles. The fourth-order valence-electron chi connectivity index (χ4n) is 2.57. The Hall–Kier alpha value is -3.42. The van der Waals surface area contributed by atoms with Crippen molar-refractivity contribution in [3.05, 3.63) is 48.5 Å². The lowest BCUT2D eigenvalue weighted by Gasteiger charge is -2.33. The molecule has 2 rings (SSSR count). The van der Waals surface area contributed by atoms with Gasteiger partial charge in [0, 0.05) is 22.7 Å². The second kappa shape index (κ2) is 9.16. The van der Waals surface area contributed by atoms with Crippen LogP contribution in [0.2, 0.25) is 0 Å². The normalized spacial score (nSPS) is 11.5. The highest BCUT2D eigenvalue weighted by Gasteiger charge is 2.30. The zero-order valence-electron chi connectivity index (χ0n) is 19.0. The van der Waals surface area contributed by atoms with Crippen LogP contribution in [0.25, 0.3) is 0 Å². The largest absolute Gasteiger partial charge is 0.443 e. The molecule has 8 heteroatoms. The maximum Gasteiger partial charge on any atom is 0.416 e. The standard InChI is InChI=1S/C23H32N4O4/c1-22(2,3)30-20(28)26(18-11-7-16(24)8-12-18)15-27(21(29)31-23(4,5)6)19-13-9-17(25)10-14-19/h7-14H,15,24-25H2,1-6H3. The first-order valence-corrected chi connectivity index (χ1v) is 9.97. The molecule has 2 aromatic rings. The van der Waals surface area contributed by atoms with E-state index in [1.165, 1.54) is 9.80 Å². The second-order valence-corrected chi connectivity index (χ2v) is 9.14. The van der Waals surface area contributed by atoms with E-state index in [1.807, 2.05) is 0 Å². The van der Waals surface area contributed by atoms with E-state index in [4.69, 9.17) is 20.9 Å². The lowest BCUT2D eigenvalue weighted by atomic mass is 10.2. The third-order valence-electron chi connectivity index (χ3n) is 3.92. The van der Waals surface area contributed by atoms with Crippen molar-refractivity contribution in [3.8, 4) is 0 Å². The predicted octanol–water partition coefficient (Wildman–Crippen LogP) is 4.99. The van der Waals surface area contributed by atoms with Crippen molar-refractivity contribution < 1.29 is 19.1 Å². The molecule has 0 atom stereocenters. The summed E-state index contributed by atoms with van der Waals surface area (Å²) in [6, 6.07) is 13.5. The van der Waals surface area contributed by atoms with Crippen molar-refractivity contribution in [2.45, 2.75) is 52.7 Å². The van der Waals surface area contributed by atoms with Crippen molar-refractivity contribution in [2.24, 2.45) is 0 Å². The van der Waals surface area contributed by atoms with Crippen LogP contribution in [-0.2, 0) is 9.47 Å².